The summed E-state index contributed by atoms with van der Waals surface area (Å²) in [7, 11) is 0. The summed E-state index contributed by atoms with van der Waals surface area (Å²) in [5.41, 5.74) is -3.21. The molecule has 7 aliphatic rings. The van der Waals surface area contributed by atoms with E-state index in [2.05, 4.69) is 54.8 Å². The van der Waals surface area contributed by atoms with Crippen LogP contribution in [-0.2, 0) is 47.6 Å². The summed E-state index contributed by atoms with van der Waals surface area (Å²) < 4.78 is 35.8. The minimum atomic E-state index is -1.96. The molecule has 7 rings (SSSR count). The summed E-state index contributed by atoms with van der Waals surface area (Å²) in [6.45, 7) is 15.0. The number of amides is 1. The number of alkyl halides is 1. The summed E-state index contributed by atoms with van der Waals surface area (Å²) in [5, 5.41) is 113. The molecule has 3 heterocycles. The Bertz CT molecular complexity index is 2200. The second-order valence-corrected chi connectivity index (χ2v) is 28.3. The number of aldehydes is 1. The van der Waals surface area contributed by atoms with Crippen molar-refractivity contribution in [3.8, 4) is 0 Å². The Morgan fingerprint density at radius 1 is 0.765 bits per heavy atom. The quantitative estimate of drug-likeness (QED) is 0.0183. The van der Waals surface area contributed by atoms with Crippen LogP contribution in [0.5, 0.6) is 0 Å². The number of carbonyl (C=O) groups excluding carboxylic acids is 3. The molecule has 81 heavy (non-hydrogen) atoms. The number of allylic oxidation sites excluding steroid dienone is 2. The molecule has 22 heteroatoms. The lowest BCUT2D eigenvalue weighted by Crippen LogP contribution is -2.69. The maximum Gasteiger partial charge on any atom is 0.318 e. The molecule has 0 spiro atoms. The third kappa shape index (κ3) is 13.2. The number of rotatable bonds is 22. The van der Waals surface area contributed by atoms with Crippen molar-refractivity contribution < 1.29 is 98.7 Å². The van der Waals surface area contributed by atoms with Crippen LogP contribution in [0.3, 0.4) is 0 Å². The molecule has 3 saturated carbocycles. The molecule has 15 unspecified atom stereocenters. The number of unbranched alkanes of at least 4 members (excludes halogenated alkanes) is 7. The highest BCUT2D eigenvalue weighted by Crippen LogP contribution is 2.74. The van der Waals surface area contributed by atoms with Crippen molar-refractivity contribution in [3.05, 3.63) is 11.6 Å². The van der Waals surface area contributed by atoms with Gasteiger partial charge in [-0.05, 0) is 105 Å². The first kappa shape index (κ1) is 66.5. The summed E-state index contributed by atoms with van der Waals surface area (Å²) in [5.74, 6) is -2.14. The van der Waals surface area contributed by atoms with E-state index in [-0.39, 0.29) is 48.3 Å². The lowest BCUT2D eigenvalue weighted by Gasteiger charge is -2.70. The van der Waals surface area contributed by atoms with Crippen molar-refractivity contribution in [1.82, 2.24) is 5.32 Å². The Balaban J connectivity index is 1.15. The van der Waals surface area contributed by atoms with Gasteiger partial charge in [-0.15, -0.1) is 0 Å². The fraction of sp³-hybridized carbons (Fsp3) is 0.898. The van der Waals surface area contributed by atoms with E-state index in [1.165, 1.54) is 6.92 Å². The number of nitrogens with one attached hydrogen (secondary N) is 1. The van der Waals surface area contributed by atoms with Gasteiger partial charge in [0.15, 0.2) is 18.7 Å². The molecule has 1 amide bonds. The van der Waals surface area contributed by atoms with Crippen LogP contribution in [0, 0.1) is 44.3 Å². The lowest BCUT2D eigenvalue weighted by atomic mass is 9.35. The molecule has 21 nitrogen and oxygen atoms in total. The molecule has 464 valence electrons. The van der Waals surface area contributed by atoms with Crippen LogP contribution in [0.4, 0.5) is 0 Å². The van der Waals surface area contributed by atoms with E-state index in [4.69, 9.17) is 33.5 Å². The van der Waals surface area contributed by atoms with Gasteiger partial charge >= 0.3 is 11.9 Å². The van der Waals surface area contributed by atoms with Crippen LogP contribution in [0.15, 0.2) is 11.6 Å². The van der Waals surface area contributed by atoms with Gasteiger partial charge in [0.25, 0.3) is 0 Å². The first-order chi connectivity index (χ1) is 37.9. The molecular formula is C59H96INO20. The minimum absolute atomic E-state index is 0.0513. The van der Waals surface area contributed by atoms with Gasteiger partial charge in [-0.3, -0.25) is 14.4 Å². The average Bonchev–Trinajstić information content (AvgIpc) is 3.60. The van der Waals surface area contributed by atoms with Crippen LogP contribution in [0.2, 0.25) is 0 Å². The van der Waals surface area contributed by atoms with Gasteiger partial charge < -0.3 is 89.6 Å². The van der Waals surface area contributed by atoms with E-state index in [1.54, 1.807) is 0 Å². The number of hydrogen-bond acceptors (Lipinski definition) is 19. The van der Waals surface area contributed by atoms with Gasteiger partial charge in [0.2, 0.25) is 12.2 Å². The number of halogens is 1. The van der Waals surface area contributed by atoms with E-state index in [9.17, 15) is 60.3 Å². The molecule has 6 fully saturated rings. The van der Waals surface area contributed by atoms with Crippen molar-refractivity contribution in [3.63, 3.8) is 0 Å². The summed E-state index contributed by atoms with van der Waals surface area (Å²) in [6.07, 6.45) is -9.64. The van der Waals surface area contributed by atoms with E-state index < -0.39 is 155 Å². The molecule has 3 aliphatic heterocycles. The van der Waals surface area contributed by atoms with Crippen molar-refractivity contribution in [2.75, 3.05) is 13.2 Å². The molecule has 3 saturated heterocycles. The van der Waals surface area contributed by atoms with Gasteiger partial charge in [-0.25, -0.2) is 0 Å². The fourth-order valence-electron chi connectivity index (χ4n) is 15.5. The van der Waals surface area contributed by atoms with Crippen LogP contribution >= 0.6 is 22.6 Å². The average molecular weight is 1270 g/mol. The van der Waals surface area contributed by atoms with Crippen LogP contribution in [-0.4, -0.2) is 190 Å². The summed E-state index contributed by atoms with van der Waals surface area (Å²) >= 11 is 2.28. The number of esters is 1. The maximum absolute atomic E-state index is 15.7. The van der Waals surface area contributed by atoms with Crippen LogP contribution in [0.1, 0.15) is 171 Å². The predicted octanol–water partition coefficient (Wildman–Crippen LogP) is 3.87. The highest BCUT2D eigenvalue weighted by atomic mass is 127. The van der Waals surface area contributed by atoms with Crippen LogP contribution < -0.4 is 5.32 Å². The number of aliphatic carboxylic acids is 1. The van der Waals surface area contributed by atoms with Gasteiger partial charge in [0.1, 0.15) is 60.5 Å². The number of hydrogen-bond donors (Lipinski definition) is 11. The van der Waals surface area contributed by atoms with Gasteiger partial charge in [-0.1, -0.05) is 121 Å². The number of fused-ring (bicyclic) bond motifs is 5. The van der Waals surface area contributed by atoms with Gasteiger partial charge in [0, 0.05) is 12.8 Å². The molecule has 24 atom stereocenters. The number of carboxylic acids is 1. The minimum Gasteiger partial charge on any atom is -0.481 e. The fourth-order valence-corrected chi connectivity index (χ4v) is 17.4. The van der Waals surface area contributed by atoms with E-state index >= 15 is 4.79 Å². The highest BCUT2D eigenvalue weighted by molar-refractivity contribution is 14.1. The Kier molecular flexibility index (Phi) is 21.8. The maximum atomic E-state index is 15.7. The monoisotopic (exact) mass is 1270 g/mol. The molecule has 11 N–H and O–H groups in total. The number of ether oxygens (including phenoxy) is 6. The summed E-state index contributed by atoms with van der Waals surface area (Å²) in [6, 6.07) is -1.37. The van der Waals surface area contributed by atoms with Crippen LogP contribution in [0.25, 0.3) is 0 Å². The molecular weight excluding hydrogens is 1170 g/mol. The molecule has 0 aromatic heterocycles. The summed E-state index contributed by atoms with van der Waals surface area (Å²) in [4.78, 5) is 53.0. The van der Waals surface area contributed by atoms with Crippen molar-refractivity contribution in [2.24, 2.45) is 44.3 Å². The second-order valence-electron chi connectivity index (χ2n) is 27.1. The number of carbonyl (C=O) groups is 4. The topological polar surface area (TPSA) is 338 Å². The third-order valence-electron chi connectivity index (χ3n) is 20.8. The van der Waals surface area contributed by atoms with E-state index in [0.717, 1.165) is 63.2 Å². The molecule has 0 radical (unpaired) electrons. The Hall–Kier alpha value is -2.01. The second kappa shape index (κ2) is 26.5. The number of aliphatic hydroxyl groups excluding tert-OH is 9. The third-order valence-corrected chi connectivity index (χ3v) is 22.6. The van der Waals surface area contributed by atoms with Gasteiger partial charge in [-0.2, -0.15) is 0 Å². The molecule has 0 aromatic rings. The Labute approximate surface area is 490 Å². The van der Waals surface area contributed by atoms with E-state index in [1.807, 2.05) is 27.7 Å². The molecule has 4 aliphatic carbocycles. The lowest BCUT2D eigenvalue weighted by molar-refractivity contribution is -0.369. The largest absolute Gasteiger partial charge is 0.481 e. The zero-order chi connectivity index (χ0) is 59.8. The van der Waals surface area contributed by atoms with Crippen molar-refractivity contribution in [1.29, 1.82) is 0 Å². The molecule has 0 aromatic carbocycles. The van der Waals surface area contributed by atoms with Crippen molar-refractivity contribution in [2.45, 2.75) is 273 Å². The smallest absolute Gasteiger partial charge is 0.318 e. The number of aliphatic hydroxyl groups is 9. The first-order valence-electron chi connectivity index (χ1n) is 29.8. The predicted molar refractivity (Wildman–Crippen MR) is 300 cm³/mol. The zero-order valence-corrected chi connectivity index (χ0v) is 50.9. The van der Waals surface area contributed by atoms with Gasteiger partial charge in [0.05, 0.1) is 46.9 Å². The zero-order valence-electron chi connectivity index (χ0n) is 48.7. The molecule has 0 bridgehead atoms. The van der Waals surface area contributed by atoms with E-state index in [0.29, 0.717) is 38.5 Å². The Morgan fingerprint density at radius 3 is 2.00 bits per heavy atom. The normalized spacial score (nSPS) is 45.4. The Morgan fingerprint density at radius 2 is 1.38 bits per heavy atom. The highest BCUT2D eigenvalue weighted by Gasteiger charge is 2.71. The standard InChI is InChI=1S/C59H96INO20/c1-31-47(79-50-45(73)42(70)33(64)29-76-50)44(72)46(74)51(77-31)80-48-43(71)41(61-39(67)17-15-13-11-9-10-12-14-16-18-40(68)69)34(28-62)78-52(48)81-53(75)59(26-25-54(2,3)4)38(66)27-58(8)32(49(59)60)19-20-36-55(5)23-22-37(65)56(6,30-63)35(55)21-24-57(36,58)7/h19,30-31,33-38,41-52,62,64-66,70-74H,9-18,20-29H2,1-8H3,(H,61,67)(H,68,69)/t31?,33-,34?,35+,36?,37+,38?,41+,42?,43?,44?,45?,46?,47+,48?,49?,50+,51+,52+,55?,56?,57?,58?,59+/m1/s1. The van der Waals surface area contributed by atoms with Crippen molar-refractivity contribution >= 4 is 46.7 Å². The SMILES string of the molecule is CC1O[C@@H](OC2C(O)[C@@H](NC(=O)CCCCCCCCCCC(=O)O)C(CO)O[C@H]2OC(=O)[C@@]2(CCC(C)(C)C)C(O)CC3(C)C(=CCC4C5(C)CC[C@H](O)C(C)(C=O)[C@H]5CCC43C)C2I)C(O)C(O)[C@H]1O[C@@H]1OC[C@@H](O)C(O)C1O. The first-order valence-corrected chi connectivity index (χ1v) is 31.0. The number of carboxylic acid groups (broad SMARTS) is 1.